The van der Waals surface area contributed by atoms with Gasteiger partial charge in [0, 0.05) is 17.8 Å². The minimum absolute atomic E-state index is 0.0352. The standard InChI is InChI=1S/C23H27N3O7S/c1-15(2)24-23(29)25-22(28)16(3)33-21(27)14-7-17-5-12-20(13-6-17)34(30,31)26-18-8-10-19(32-4)11-9-18/h5-16,26H,1-4H3,(H2,24,25,28,29)/b14-7+. The summed E-state index contributed by atoms with van der Waals surface area (Å²) in [6.45, 7) is 4.80. The number of carbonyl (C=O) groups excluding carboxylic acids is 3. The Hall–Kier alpha value is -3.86. The number of sulfonamides is 1. The molecular weight excluding hydrogens is 462 g/mol. The van der Waals surface area contributed by atoms with Crippen LogP contribution in [0, 0.1) is 0 Å². The van der Waals surface area contributed by atoms with E-state index in [1.807, 2.05) is 0 Å². The molecule has 1 unspecified atom stereocenters. The Morgan fingerprint density at radius 3 is 2.12 bits per heavy atom. The Balaban J connectivity index is 1.93. The van der Waals surface area contributed by atoms with Crippen LogP contribution >= 0.6 is 0 Å². The van der Waals surface area contributed by atoms with E-state index in [1.165, 1.54) is 44.4 Å². The predicted molar refractivity (Wildman–Crippen MR) is 127 cm³/mol. The highest BCUT2D eigenvalue weighted by Gasteiger charge is 2.19. The molecule has 0 saturated heterocycles. The van der Waals surface area contributed by atoms with Crippen molar-refractivity contribution < 1.29 is 32.3 Å². The van der Waals surface area contributed by atoms with Gasteiger partial charge in [-0.05, 0) is 68.8 Å². The van der Waals surface area contributed by atoms with Gasteiger partial charge >= 0.3 is 12.0 Å². The topological polar surface area (TPSA) is 140 Å². The van der Waals surface area contributed by atoms with Crippen molar-refractivity contribution in [2.75, 3.05) is 11.8 Å². The van der Waals surface area contributed by atoms with Crippen LogP contribution in [0.5, 0.6) is 5.75 Å². The number of anilines is 1. The fourth-order valence-corrected chi connectivity index (χ4v) is 3.63. The van der Waals surface area contributed by atoms with Crippen molar-refractivity contribution >= 4 is 39.7 Å². The third kappa shape index (κ3) is 8.24. The molecule has 0 aliphatic carbocycles. The van der Waals surface area contributed by atoms with Gasteiger partial charge in [0.1, 0.15) is 5.75 Å². The molecule has 0 radical (unpaired) electrons. The van der Waals surface area contributed by atoms with Crippen LogP contribution in [0.15, 0.2) is 59.5 Å². The third-order valence-corrected chi connectivity index (χ3v) is 5.66. The lowest BCUT2D eigenvalue weighted by Crippen LogP contribution is -2.46. The number of hydrogen-bond acceptors (Lipinski definition) is 7. The van der Waals surface area contributed by atoms with Gasteiger partial charge in [-0.2, -0.15) is 0 Å². The van der Waals surface area contributed by atoms with Crippen LogP contribution in [0.4, 0.5) is 10.5 Å². The molecule has 0 fully saturated rings. The van der Waals surface area contributed by atoms with E-state index in [9.17, 15) is 22.8 Å². The zero-order chi connectivity index (χ0) is 25.3. The quantitative estimate of drug-likeness (QED) is 0.363. The lowest BCUT2D eigenvalue weighted by molar-refractivity contribution is -0.149. The highest BCUT2D eigenvalue weighted by molar-refractivity contribution is 7.92. The summed E-state index contributed by atoms with van der Waals surface area (Å²) in [6, 6.07) is 11.4. The van der Waals surface area contributed by atoms with E-state index in [1.54, 1.807) is 38.1 Å². The zero-order valence-corrected chi connectivity index (χ0v) is 20.0. The smallest absolute Gasteiger partial charge is 0.331 e. The van der Waals surface area contributed by atoms with Crippen LogP contribution in [0.1, 0.15) is 26.3 Å². The number of rotatable bonds is 9. The fraction of sp³-hybridized carbons (Fsp3) is 0.261. The molecule has 11 heteroatoms. The molecule has 0 spiro atoms. The van der Waals surface area contributed by atoms with E-state index >= 15 is 0 Å². The summed E-state index contributed by atoms with van der Waals surface area (Å²) in [5.74, 6) is -0.965. The van der Waals surface area contributed by atoms with E-state index < -0.39 is 34.0 Å². The van der Waals surface area contributed by atoms with Gasteiger partial charge in [-0.25, -0.2) is 18.0 Å². The van der Waals surface area contributed by atoms with E-state index in [2.05, 4.69) is 15.4 Å². The maximum Gasteiger partial charge on any atom is 0.331 e. The molecule has 0 bridgehead atoms. The van der Waals surface area contributed by atoms with Crippen molar-refractivity contribution in [3.05, 3.63) is 60.2 Å². The number of ether oxygens (including phenoxy) is 2. The maximum atomic E-state index is 12.6. The Kier molecular flexibility index (Phi) is 9.19. The van der Waals surface area contributed by atoms with Crippen LogP contribution < -0.4 is 20.1 Å². The predicted octanol–water partition coefficient (Wildman–Crippen LogP) is 2.68. The van der Waals surface area contributed by atoms with Crippen LogP contribution in [-0.2, 0) is 24.3 Å². The highest BCUT2D eigenvalue weighted by atomic mass is 32.2. The van der Waals surface area contributed by atoms with Crippen molar-refractivity contribution in [3.8, 4) is 5.75 Å². The molecule has 2 aromatic rings. The highest BCUT2D eigenvalue weighted by Crippen LogP contribution is 2.20. The van der Waals surface area contributed by atoms with E-state index in [-0.39, 0.29) is 10.9 Å². The number of carbonyl (C=O) groups is 3. The second kappa shape index (κ2) is 11.8. The Bertz CT molecular complexity index is 1140. The van der Waals surface area contributed by atoms with Crippen LogP contribution in [0.25, 0.3) is 6.08 Å². The molecule has 0 aliphatic rings. The second-order valence-electron chi connectivity index (χ2n) is 7.43. The molecule has 2 aromatic carbocycles. The summed E-state index contributed by atoms with van der Waals surface area (Å²) in [6.07, 6.45) is 1.31. The number of esters is 1. The van der Waals surface area contributed by atoms with Gasteiger partial charge < -0.3 is 14.8 Å². The molecular formula is C23H27N3O7S. The number of methoxy groups -OCH3 is 1. The minimum atomic E-state index is -3.81. The Labute approximate surface area is 198 Å². The zero-order valence-electron chi connectivity index (χ0n) is 19.2. The van der Waals surface area contributed by atoms with Gasteiger partial charge in [0.25, 0.3) is 15.9 Å². The van der Waals surface area contributed by atoms with Gasteiger partial charge in [-0.15, -0.1) is 0 Å². The lowest BCUT2D eigenvalue weighted by atomic mass is 10.2. The fourth-order valence-electron chi connectivity index (χ4n) is 2.57. The second-order valence-corrected chi connectivity index (χ2v) is 9.12. The first-order valence-electron chi connectivity index (χ1n) is 10.3. The molecule has 0 heterocycles. The van der Waals surface area contributed by atoms with Crippen LogP contribution in [-0.4, -0.2) is 45.6 Å². The number of urea groups is 1. The number of hydrogen-bond donors (Lipinski definition) is 3. The summed E-state index contributed by atoms with van der Waals surface area (Å²) in [5, 5.41) is 4.56. The molecule has 1 atom stereocenters. The summed E-state index contributed by atoms with van der Waals surface area (Å²) in [7, 11) is -2.29. The van der Waals surface area contributed by atoms with Crippen molar-refractivity contribution in [2.45, 2.75) is 37.8 Å². The van der Waals surface area contributed by atoms with Gasteiger partial charge in [0.15, 0.2) is 6.10 Å². The number of nitrogens with one attached hydrogen (secondary N) is 3. The number of amides is 3. The monoisotopic (exact) mass is 489 g/mol. The molecule has 182 valence electrons. The van der Waals surface area contributed by atoms with E-state index in [4.69, 9.17) is 9.47 Å². The van der Waals surface area contributed by atoms with Gasteiger partial charge in [0.05, 0.1) is 12.0 Å². The molecule has 3 amide bonds. The first-order chi connectivity index (χ1) is 16.0. The Morgan fingerprint density at radius 1 is 0.941 bits per heavy atom. The van der Waals surface area contributed by atoms with Crippen molar-refractivity contribution in [1.29, 1.82) is 0 Å². The molecule has 0 saturated carbocycles. The van der Waals surface area contributed by atoms with Crippen LogP contribution in [0.2, 0.25) is 0 Å². The number of imide groups is 1. The summed E-state index contributed by atoms with van der Waals surface area (Å²) < 4.78 is 37.6. The molecule has 0 aromatic heterocycles. The first-order valence-corrected chi connectivity index (χ1v) is 11.8. The maximum absolute atomic E-state index is 12.6. The van der Waals surface area contributed by atoms with Gasteiger partial charge in [-0.3, -0.25) is 14.8 Å². The number of benzene rings is 2. The molecule has 34 heavy (non-hydrogen) atoms. The first kappa shape index (κ1) is 26.4. The van der Waals surface area contributed by atoms with E-state index in [0.29, 0.717) is 17.0 Å². The normalized spacial score (nSPS) is 12.1. The lowest BCUT2D eigenvalue weighted by Gasteiger charge is -2.13. The van der Waals surface area contributed by atoms with Crippen molar-refractivity contribution in [2.24, 2.45) is 0 Å². The SMILES string of the molecule is COc1ccc(NS(=O)(=O)c2ccc(/C=C/C(=O)OC(C)C(=O)NC(=O)NC(C)C)cc2)cc1. The van der Waals surface area contributed by atoms with Gasteiger partial charge in [-0.1, -0.05) is 12.1 Å². The molecule has 0 aliphatic heterocycles. The summed E-state index contributed by atoms with van der Waals surface area (Å²) in [5.41, 5.74) is 0.918. The minimum Gasteiger partial charge on any atom is -0.497 e. The summed E-state index contributed by atoms with van der Waals surface area (Å²) >= 11 is 0. The van der Waals surface area contributed by atoms with E-state index in [0.717, 1.165) is 6.08 Å². The molecule has 2 rings (SSSR count). The Morgan fingerprint density at radius 2 is 1.56 bits per heavy atom. The third-order valence-electron chi connectivity index (χ3n) is 4.26. The average Bonchev–Trinajstić information content (AvgIpc) is 2.77. The van der Waals surface area contributed by atoms with Crippen molar-refractivity contribution in [3.63, 3.8) is 0 Å². The largest absolute Gasteiger partial charge is 0.497 e. The summed E-state index contributed by atoms with van der Waals surface area (Å²) in [4.78, 5) is 35.4. The van der Waals surface area contributed by atoms with Crippen molar-refractivity contribution in [1.82, 2.24) is 10.6 Å². The molecule has 3 N–H and O–H groups in total. The van der Waals surface area contributed by atoms with Gasteiger partial charge in [0.2, 0.25) is 0 Å². The van der Waals surface area contributed by atoms with Crippen LogP contribution in [0.3, 0.4) is 0 Å². The molecule has 10 nitrogen and oxygen atoms in total. The average molecular weight is 490 g/mol.